The van der Waals surface area contributed by atoms with E-state index >= 15 is 0 Å². The summed E-state index contributed by atoms with van der Waals surface area (Å²) in [5.41, 5.74) is 0.911. The van der Waals surface area contributed by atoms with Crippen molar-refractivity contribution in [1.29, 1.82) is 0 Å². The van der Waals surface area contributed by atoms with E-state index in [0.29, 0.717) is 21.8 Å². The maximum Gasteiger partial charge on any atom is 0.0645 e. The van der Waals surface area contributed by atoms with E-state index in [0.717, 1.165) is 10.8 Å². The molecule has 0 saturated carbocycles. The summed E-state index contributed by atoms with van der Waals surface area (Å²) in [4.78, 5) is 3.15. The number of nitrogens with one attached hydrogen (secondary N) is 1. The van der Waals surface area contributed by atoms with Gasteiger partial charge in [-0.25, -0.2) is 0 Å². The van der Waals surface area contributed by atoms with Crippen LogP contribution in [0.4, 0.5) is 0 Å². The standard InChI is InChI=1S/C22H15N/c1-2-7-15(8-3-1)18-11-6-12-19-21(18)22-17-10-5-4-9-16(17)13-14-20(22)23-19/h1-14,23H/i1D,2D,3D,6D,7D,8D,11D,12D. The third-order valence-corrected chi connectivity index (χ3v) is 4.06. The van der Waals surface area contributed by atoms with Gasteiger partial charge in [0.2, 0.25) is 0 Å². The predicted octanol–water partition coefficient (Wildman–Crippen LogP) is 6.14. The zero-order valence-electron chi connectivity index (χ0n) is 20.0. The monoisotopic (exact) mass is 301 g/mol. The van der Waals surface area contributed by atoms with Crippen molar-refractivity contribution in [3.05, 3.63) is 84.7 Å². The summed E-state index contributed by atoms with van der Waals surface area (Å²) in [5.74, 6) is 0. The summed E-state index contributed by atoms with van der Waals surface area (Å²) in [5, 5.41) is 2.88. The van der Waals surface area contributed by atoms with Crippen LogP contribution >= 0.6 is 0 Å². The largest absolute Gasteiger partial charge is 0.354 e. The summed E-state index contributed by atoms with van der Waals surface area (Å²) >= 11 is 0. The molecule has 0 fully saturated rings. The first-order valence-corrected chi connectivity index (χ1v) is 7.24. The first kappa shape index (κ1) is 7.01. The number of H-pyrrole nitrogens is 1. The van der Waals surface area contributed by atoms with Crippen LogP contribution in [0.15, 0.2) is 84.7 Å². The third kappa shape index (κ3) is 1.80. The SMILES string of the molecule is [2H]c1c([2H])c([2H])c(-c2c([2H])c([2H])c([2H])c3[nH]c4ccc5ccccc5c4c23)c([2H])c1[2H]. The molecule has 1 nitrogen and oxygen atoms in total. The molecule has 0 aliphatic heterocycles. The molecule has 0 radical (unpaired) electrons. The van der Waals surface area contributed by atoms with Crippen LogP contribution in [-0.4, -0.2) is 4.98 Å². The lowest BCUT2D eigenvalue weighted by atomic mass is 9.97. The van der Waals surface area contributed by atoms with Gasteiger partial charge in [0, 0.05) is 21.8 Å². The number of fused-ring (bicyclic) bond motifs is 5. The van der Waals surface area contributed by atoms with E-state index < -0.39 is 30.2 Å². The molecule has 1 N–H and O–H groups in total. The molecular formula is C22H15N. The first-order valence-electron chi connectivity index (χ1n) is 11.2. The van der Waals surface area contributed by atoms with Crippen molar-refractivity contribution >= 4 is 32.6 Å². The number of aromatic nitrogens is 1. The second kappa shape index (κ2) is 4.72. The summed E-state index contributed by atoms with van der Waals surface area (Å²) in [7, 11) is 0. The lowest BCUT2D eigenvalue weighted by Gasteiger charge is -2.06. The number of hydrogen-bond donors (Lipinski definition) is 1. The Kier molecular flexibility index (Phi) is 1.44. The molecule has 0 atom stereocenters. The van der Waals surface area contributed by atoms with Crippen LogP contribution in [-0.2, 0) is 0 Å². The maximum absolute atomic E-state index is 8.61. The molecule has 0 aliphatic rings. The molecule has 4 aromatic carbocycles. The van der Waals surface area contributed by atoms with Crippen LogP contribution in [0.25, 0.3) is 43.7 Å². The van der Waals surface area contributed by atoms with E-state index in [1.165, 1.54) is 0 Å². The van der Waals surface area contributed by atoms with Gasteiger partial charge >= 0.3 is 0 Å². The number of aromatic amines is 1. The van der Waals surface area contributed by atoms with E-state index in [1.807, 2.05) is 36.4 Å². The lowest BCUT2D eigenvalue weighted by Crippen LogP contribution is -1.80. The van der Waals surface area contributed by atoms with Gasteiger partial charge in [-0.2, -0.15) is 0 Å². The molecule has 0 spiro atoms. The number of hydrogen-bond acceptors (Lipinski definition) is 0. The van der Waals surface area contributed by atoms with Crippen molar-refractivity contribution in [2.24, 2.45) is 0 Å². The van der Waals surface area contributed by atoms with Gasteiger partial charge in [-0.15, -0.1) is 0 Å². The number of benzene rings is 4. The van der Waals surface area contributed by atoms with Gasteiger partial charge < -0.3 is 4.98 Å². The van der Waals surface area contributed by atoms with Gasteiger partial charge in [0.05, 0.1) is 11.0 Å². The Morgan fingerprint density at radius 2 is 1.57 bits per heavy atom. The summed E-state index contributed by atoms with van der Waals surface area (Å²) in [6.45, 7) is 0. The van der Waals surface area contributed by atoms with Gasteiger partial charge in [0.1, 0.15) is 0 Å². The minimum Gasteiger partial charge on any atom is -0.354 e. The summed E-state index contributed by atoms with van der Waals surface area (Å²) in [6.07, 6.45) is 0. The molecule has 0 bridgehead atoms. The molecule has 23 heavy (non-hydrogen) atoms. The fraction of sp³-hybridized carbons (Fsp3) is 0. The minimum absolute atomic E-state index is 0.0654. The molecule has 5 rings (SSSR count). The van der Waals surface area contributed by atoms with Crippen molar-refractivity contribution < 1.29 is 11.0 Å². The molecular weight excluding hydrogens is 278 g/mol. The van der Waals surface area contributed by atoms with E-state index in [1.54, 1.807) is 0 Å². The topological polar surface area (TPSA) is 15.8 Å². The van der Waals surface area contributed by atoms with E-state index in [9.17, 15) is 0 Å². The van der Waals surface area contributed by atoms with Gasteiger partial charge in [0.15, 0.2) is 0 Å². The highest BCUT2D eigenvalue weighted by molar-refractivity contribution is 6.23. The highest BCUT2D eigenvalue weighted by atomic mass is 14.7. The van der Waals surface area contributed by atoms with Crippen LogP contribution in [0.3, 0.4) is 0 Å². The molecule has 108 valence electrons. The minimum atomic E-state index is -0.519. The van der Waals surface area contributed by atoms with E-state index in [2.05, 4.69) is 4.98 Å². The zero-order valence-corrected chi connectivity index (χ0v) is 12.0. The van der Waals surface area contributed by atoms with Crippen molar-refractivity contribution in [3.63, 3.8) is 0 Å². The molecule has 0 saturated heterocycles. The highest BCUT2D eigenvalue weighted by Crippen LogP contribution is 2.37. The van der Waals surface area contributed by atoms with Crippen molar-refractivity contribution in [2.45, 2.75) is 0 Å². The van der Waals surface area contributed by atoms with Crippen LogP contribution in [0.5, 0.6) is 0 Å². The summed E-state index contributed by atoms with van der Waals surface area (Å²) in [6, 6.07) is 8.07. The zero-order chi connectivity index (χ0) is 22.2. The number of rotatable bonds is 1. The maximum atomic E-state index is 8.61. The van der Waals surface area contributed by atoms with Crippen molar-refractivity contribution in [2.75, 3.05) is 0 Å². The quantitative estimate of drug-likeness (QED) is 0.382. The fourth-order valence-corrected chi connectivity index (χ4v) is 3.09. The van der Waals surface area contributed by atoms with E-state index in [4.69, 9.17) is 11.0 Å². The predicted molar refractivity (Wildman–Crippen MR) is 98.7 cm³/mol. The third-order valence-electron chi connectivity index (χ3n) is 4.06. The second-order valence-corrected chi connectivity index (χ2v) is 5.33. The highest BCUT2D eigenvalue weighted by Gasteiger charge is 2.12. The van der Waals surface area contributed by atoms with Gasteiger partial charge in [-0.1, -0.05) is 72.6 Å². The first-order chi connectivity index (χ1) is 14.7. The molecule has 0 aliphatic carbocycles. The average Bonchev–Trinajstić information content (AvgIpc) is 3.17. The molecule has 0 unspecified atom stereocenters. The Morgan fingerprint density at radius 1 is 0.696 bits per heavy atom. The van der Waals surface area contributed by atoms with Crippen LogP contribution in [0, 0.1) is 0 Å². The molecule has 5 aromatic rings. The van der Waals surface area contributed by atoms with Gasteiger partial charge in [-0.05, 0) is 34.0 Å². The van der Waals surface area contributed by atoms with Crippen molar-refractivity contribution in [3.8, 4) is 11.1 Å². The Bertz CT molecular complexity index is 1540. The van der Waals surface area contributed by atoms with Gasteiger partial charge in [-0.3, -0.25) is 0 Å². The average molecular weight is 301 g/mol. The Morgan fingerprint density at radius 3 is 2.48 bits per heavy atom. The molecule has 1 heterocycles. The molecule has 1 heteroatoms. The normalized spacial score (nSPS) is 16.3. The Labute approximate surface area is 145 Å². The smallest absolute Gasteiger partial charge is 0.0645 e. The van der Waals surface area contributed by atoms with E-state index in [-0.39, 0.29) is 29.3 Å². The van der Waals surface area contributed by atoms with Crippen LogP contribution in [0.1, 0.15) is 11.0 Å². The van der Waals surface area contributed by atoms with Crippen molar-refractivity contribution in [1.82, 2.24) is 4.98 Å². The lowest BCUT2D eigenvalue weighted by molar-refractivity contribution is 1.55. The Balaban J connectivity index is 2.12. The molecule has 0 amide bonds. The molecule has 1 aromatic heterocycles. The van der Waals surface area contributed by atoms with Crippen LogP contribution < -0.4 is 0 Å². The fourth-order valence-electron chi connectivity index (χ4n) is 3.09. The van der Waals surface area contributed by atoms with Gasteiger partial charge in [0.25, 0.3) is 0 Å². The summed E-state index contributed by atoms with van der Waals surface area (Å²) < 4.78 is 66.2. The van der Waals surface area contributed by atoms with Crippen LogP contribution in [0.2, 0.25) is 0 Å². The Hall–Kier alpha value is -3.06. The second-order valence-electron chi connectivity index (χ2n) is 5.33.